The number of hydrogen-bond acceptors (Lipinski definition) is 7. The predicted octanol–water partition coefficient (Wildman–Crippen LogP) is 3.08. The minimum absolute atomic E-state index is 0.258. The number of fused-ring (bicyclic) bond motifs is 2. The number of imide groups is 1. The quantitative estimate of drug-likeness (QED) is 0.420. The first-order valence-corrected chi connectivity index (χ1v) is 10.8. The molecular weight excluding hydrogens is 426 g/mol. The van der Waals surface area contributed by atoms with Gasteiger partial charge in [0.1, 0.15) is 10.7 Å². The Morgan fingerprint density at radius 1 is 0.906 bits per heavy atom. The first-order valence-electron chi connectivity index (χ1n) is 9.96. The number of nitrogens with one attached hydrogen (secondary N) is 1. The summed E-state index contributed by atoms with van der Waals surface area (Å²) in [5.74, 6) is 0.0262. The zero-order chi connectivity index (χ0) is 21.7. The molecule has 0 unspecified atom stereocenters. The average Bonchev–Trinajstić information content (AvgIpc) is 3.58. The number of hydrogen-bond donors (Lipinski definition) is 1. The van der Waals surface area contributed by atoms with E-state index < -0.39 is 0 Å². The summed E-state index contributed by atoms with van der Waals surface area (Å²) in [6, 6.07) is 18.6. The third-order valence-corrected chi connectivity index (χ3v) is 6.31. The Morgan fingerprint density at radius 2 is 1.62 bits per heavy atom. The Hall–Kier alpha value is -4.18. The minimum Gasteiger partial charge on any atom is -0.274 e. The third kappa shape index (κ3) is 2.92. The van der Waals surface area contributed by atoms with E-state index >= 15 is 0 Å². The maximum absolute atomic E-state index is 12.6. The number of amides is 2. The van der Waals surface area contributed by atoms with Crippen LogP contribution in [0.2, 0.25) is 0 Å². The summed E-state index contributed by atoms with van der Waals surface area (Å²) in [4.78, 5) is 27.0. The highest BCUT2D eigenvalue weighted by Crippen LogP contribution is 2.26. The molecule has 0 radical (unpaired) electrons. The lowest BCUT2D eigenvalue weighted by Gasteiger charge is -2.12. The average molecular weight is 441 g/mol. The van der Waals surface area contributed by atoms with Gasteiger partial charge >= 0.3 is 0 Å². The van der Waals surface area contributed by atoms with Crippen molar-refractivity contribution in [3.63, 3.8) is 0 Å². The van der Waals surface area contributed by atoms with E-state index in [0.29, 0.717) is 34.0 Å². The van der Waals surface area contributed by atoms with Crippen molar-refractivity contribution >= 4 is 28.1 Å². The maximum atomic E-state index is 12.6. The summed E-state index contributed by atoms with van der Waals surface area (Å²) >= 11 is 1.38. The molecule has 1 N–H and O–H groups in total. The Morgan fingerprint density at radius 3 is 2.38 bits per heavy atom. The van der Waals surface area contributed by atoms with Crippen molar-refractivity contribution in [1.82, 2.24) is 34.9 Å². The summed E-state index contributed by atoms with van der Waals surface area (Å²) < 4.78 is 1.66. The zero-order valence-electron chi connectivity index (χ0n) is 16.6. The lowest BCUT2D eigenvalue weighted by atomic mass is 10.1. The van der Waals surface area contributed by atoms with Gasteiger partial charge in [0.2, 0.25) is 10.8 Å². The van der Waals surface area contributed by atoms with Gasteiger partial charge in [-0.15, -0.1) is 10.2 Å². The van der Waals surface area contributed by atoms with E-state index in [1.165, 1.54) is 16.2 Å². The molecule has 0 bridgehead atoms. The second kappa shape index (κ2) is 7.20. The fourth-order valence-electron chi connectivity index (χ4n) is 3.77. The number of carbonyl (C=O) groups excluding carboxylic acids is 2. The molecule has 0 fully saturated rings. The van der Waals surface area contributed by atoms with Crippen LogP contribution in [0.1, 0.15) is 25.7 Å². The zero-order valence-corrected chi connectivity index (χ0v) is 17.4. The molecule has 0 saturated carbocycles. The number of carbonyl (C=O) groups is 2. The van der Waals surface area contributed by atoms with Crippen molar-refractivity contribution in [2.24, 2.45) is 0 Å². The normalized spacial score (nSPS) is 13.3. The second-order valence-electron chi connectivity index (χ2n) is 7.30. The Balaban J connectivity index is 1.23. The van der Waals surface area contributed by atoms with Crippen LogP contribution in [0.15, 0.2) is 60.7 Å². The summed E-state index contributed by atoms with van der Waals surface area (Å²) in [6.45, 7) is 0.258. The van der Waals surface area contributed by atoms with E-state index in [1.54, 1.807) is 28.8 Å². The molecule has 2 amide bonds. The molecule has 2 aromatic carbocycles. The van der Waals surface area contributed by atoms with Gasteiger partial charge in [-0.1, -0.05) is 53.8 Å². The highest BCUT2D eigenvalue weighted by atomic mass is 32.1. The lowest BCUT2D eigenvalue weighted by Crippen LogP contribution is -2.31. The molecule has 1 aliphatic heterocycles. The van der Waals surface area contributed by atoms with E-state index in [9.17, 15) is 9.59 Å². The van der Waals surface area contributed by atoms with Crippen LogP contribution in [0.3, 0.4) is 0 Å². The molecule has 9 nitrogen and oxygen atoms in total. The first kappa shape index (κ1) is 18.6. The van der Waals surface area contributed by atoms with Gasteiger partial charge < -0.3 is 0 Å². The van der Waals surface area contributed by atoms with Crippen molar-refractivity contribution in [2.45, 2.75) is 6.42 Å². The molecule has 0 saturated heterocycles. The molecule has 1 aliphatic rings. The Kier molecular flexibility index (Phi) is 4.18. The summed E-state index contributed by atoms with van der Waals surface area (Å²) in [7, 11) is 0. The number of aromatic amines is 1. The monoisotopic (exact) mass is 441 g/mol. The van der Waals surface area contributed by atoms with Gasteiger partial charge in [0.25, 0.3) is 11.8 Å². The highest BCUT2D eigenvalue weighted by molar-refractivity contribution is 7.16. The number of nitrogens with zero attached hydrogens (tertiary/aromatic N) is 6. The molecular formula is C22H15N7O2S. The molecule has 4 heterocycles. The third-order valence-electron chi connectivity index (χ3n) is 5.35. The SMILES string of the molecule is O=C1c2ccccc2C(=O)N1CCc1nn2c(-c3cc(-c4ccccc4)n[nH]3)nnc2s1. The number of H-pyrrole nitrogens is 1. The molecule has 156 valence electrons. The van der Waals surface area contributed by atoms with E-state index in [0.717, 1.165) is 16.3 Å². The van der Waals surface area contributed by atoms with E-state index in [-0.39, 0.29) is 18.4 Å². The summed E-state index contributed by atoms with van der Waals surface area (Å²) in [5, 5.41) is 21.2. The molecule has 5 aromatic rings. The molecule has 32 heavy (non-hydrogen) atoms. The first-order chi connectivity index (χ1) is 15.7. The largest absolute Gasteiger partial charge is 0.274 e. The van der Waals surface area contributed by atoms with E-state index in [4.69, 9.17) is 0 Å². The fourth-order valence-corrected chi connectivity index (χ4v) is 4.59. The van der Waals surface area contributed by atoms with Crippen LogP contribution in [-0.4, -0.2) is 53.3 Å². The Labute approximate surface area is 185 Å². The summed E-state index contributed by atoms with van der Waals surface area (Å²) in [5.41, 5.74) is 3.40. The molecule has 0 aliphatic carbocycles. The molecule has 10 heteroatoms. The van der Waals surface area contributed by atoms with Crippen molar-refractivity contribution < 1.29 is 9.59 Å². The topological polar surface area (TPSA) is 109 Å². The van der Waals surface area contributed by atoms with Gasteiger partial charge in [0.15, 0.2) is 0 Å². The van der Waals surface area contributed by atoms with Crippen molar-refractivity contribution in [1.29, 1.82) is 0 Å². The van der Waals surface area contributed by atoms with E-state index in [2.05, 4.69) is 25.5 Å². The molecule has 3 aromatic heterocycles. The maximum Gasteiger partial charge on any atom is 0.261 e. The number of benzene rings is 2. The Bertz CT molecular complexity index is 1450. The van der Waals surface area contributed by atoms with Crippen LogP contribution in [0.5, 0.6) is 0 Å². The lowest BCUT2D eigenvalue weighted by molar-refractivity contribution is 0.0656. The van der Waals surface area contributed by atoms with Crippen LogP contribution in [0.4, 0.5) is 0 Å². The van der Waals surface area contributed by atoms with Crippen molar-refractivity contribution in [2.75, 3.05) is 6.54 Å². The van der Waals surface area contributed by atoms with E-state index in [1.807, 2.05) is 36.4 Å². The standard InChI is InChI=1S/C22H15N7O2S/c30-20-14-8-4-5-9-15(14)21(31)28(20)11-10-18-27-29-19(25-26-22(29)32-18)17-12-16(23-24-17)13-6-2-1-3-7-13/h1-9,12H,10-11H2,(H,23,24). The molecule has 0 atom stereocenters. The van der Waals surface area contributed by atoms with Crippen LogP contribution >= 0.6 is 11.3 Å². The smallest absolute Gasteiger partial charge is 0.261 e. The van der Waals surface area contributed by atoms with Gasteiger partial charge in [-0.25, -0.2) is 0 Å². The highest BCUT2D eigenvalue weighted by Gasteiger charge is 2.34. The second-order valence-corrected chi connectivity index (χ2v) is 8.34. The van der Waals surface area contributed by atoms with Gasteiger partial charge in [-0.2, -0.15) is 14.7 Å². The van der Waals surface area contributed by atoms with Crippen LogP contribution in [0, 0.1) is 0 Å². The van der Waals surface area contributed by atoms with Crippen molar-refractivity contribution in [3.8, 4) is 22.8 Å². The number of rotatable bonds is 5. The van der Waals surface area contributed by atoms with Gasteiger partial charge in [-0.3, -0.25) is 19.6 Å². The van der Waals surface area contributed by atoms with Gasteiger partial charge in [0.05, 0.1) is 16.8 Å². The molecule has 6 rings (SSSR count). The summed E-state index contributed by atoms with van der Waals surface area (Å²) in [6.07, 6.45) is 0.442. The predicted molar refractivity (Wildman–Crippen MR) is 117 cm³/mol. The van der Waals surface area contributed by atoms with Crippen LogP contribution < -0.4 is 0 Å². The minimum atomic E-state index is -0.264. The molecule has 0 spiro atoms. The van der Waals surface area contributed by atoms with Crippen LogP contribution in [0.25, 0.3) is 27.7 Å². The van der Waals surface area contributed by atoms with Gasteiger partial charge in [-0.05, 0) is 18.2 Å². The van der Waals surface area contributed by atoms with Gasteiger partial charge in [0, 0.05) is 18.5 Å². The number of aromatic nitrogens is 6. The fraction of sp³-hybridized carbons (Fsp3) is 0.0909. The van der Waals surface area contributed by atoms with Crippen molar-refractivity contribution in [3.05, 3.63) is 76.8 Å². The van der Waals surface area contributed by atoms with Crippen LogP contribution in [-0.2, 0) is 6.42 Å².